The summed E-state index contributed by atoms with van der Waals surface area (Å²) in [6.45, 7) is 0.469. The van der Waals surface area contributed by atoms with Gasteiger partial charge in [0.2, 0.25) is 11.8 Å². The molecule has 0 bridgehead atoms. The van der Waals surface area contributed by atoms with Gasteiger partial charge in [-0.2, -0.15) is 0 Å². The minimum Gasteiger partial charge on any atom is -0.496 e. The van der Waals surface area contributed by atoms with Crippen LogP contribution in [0.2, 0.25) is 0 Å². The number of amides is 2. The predicted octanol–water partition coefficient (Wildman–Crippen LogP) is 3.60. The maximum Gasteiger partial charge on any atom is 0.325 e. The first-order chi connectivity index (χ1) is 19.4. The standard InChI is InChI=1S/C31H30N4O5/c1-40-24-14-8-6-12-22(24)27-25-26(29(37)35(28(25)36)16-15-32-20-9-3-2-4-10-20)31(34-27,30(38)39)17-19-18-33-23-13-7-5-11-21(19)23/h2-14,18,25-27,32-34H,15-17H2,1H3,(H,38,39). The molecule has 4 atom stereocenters. The second-order valence-electron chi connectivity index (χ2n) is 10.3. The van der Waals surface area contributed by atoms with Crippen molar-refractivity contribution in [2.75, 3.05) is 25.5 Å². The summed E-state index contributed by atoms with van der Waals surface area (Å²) in [7, 11) is 1.53. The number of aromatic amines is 1. The largest absolute Gasteiger partial charge is 0.496 e. The lowest BCUT2D eigenvalue weighted by Crippen LogP contribution is -2.57. The third-order valence-corrected chi connectivity index (χ3v) is 8.18. The number of rotatable bonds is 9. The number of hydrogen-bond acceptors (Lipinski definition) is 6. The van der Waals surface area contributed by atoms with Gasteiger partial charge in [-0.3, -0.25) is 24.6 Å². The Bertz CT molecular complexity index is 1580. The molecule has 2 fully saturated rings. The molecule has 6 rings (SSSR count). The van der Waals surface area contributed by atoms with E-state index in [1.165, 1.54) is 12.0 Å². The molecule has 9 nitrogen and oxygen atoms in total. The SMILES string of the molecule is COc1ccccc1C1NC(Cc2c[nH]c3ccccc23)(C(=O)O)C2C(=O)N(CCNc3ccccc3)C(=O)C12. The molecule has 0 radical (unpaired) electrons. The van der Waals surface area contributed by atoms with E-state index in [1.807, 2.05) is 72.8 Å². The minimum atomic E-state index is -1.71. The summed E-state index contributed by atoms with van der Waals surface area (Å²) >= 11 is 0. The number of fused-ring (bicyclic) bond motifs is 2. The first-order valence-electron chi connectivity index (χ1n) is 13.3. The Morgan fingerprint density at radius 2 is 1.73 bits per heavy atom. The minimum absolute atomic E-state index is 0.0221. The van der Waals surface area contributed by atoms with E-state index in [-0.39, 0.29) is 18.9 Å². The normalized spacial score (nSPS) is 23.9. The number of aliphatic carboxylic acids is 1. The number of methoxy groups -OCH3 is 1. The molecule has 4 aromatic rings. The molecule has 2 saturated heterocycles. The van der Waals surface area contributed by atoms with Gasteiger partial charge in [0, 0.05) is 53.9 Å². The molecule has 9 heteroatoms. The topological polar surface area (TPSA) is 124 Å². The Balaban J connectivity index is 1.40. The van der Waals surface area contributed by atoms with Crippen LogP contribution in [0, 0.1) is 11.8 Å². The molecule has 1 aromatic heterocycles. The number of para-hydroxylation sites is 3. The van der Waals surface area contributed by atoms with Crippen molar-refractivity contribution in [2.45, 2.75) is 18.0 Å². The van der Waals surface area contributed by atoms with Crippen LogP contribution in [-0.4, -0.2) is 58.5 Å². The van der Waals surface area contributed by atoms with Gasteiger partial charge in [0.05, 0.1) is 18.9 Å². The summed E-state index contributed by atoms with van der Waals surface area (Å²) in [5.41, 5.74) is 1.43. The Hall–Kier alpha value is -4.63. The number of benzene rings is 3. The molecule has 4 unspecified atom stereocenters. The molecule has 2 aliphatic rings. The average molecular weight is 539 g/mol. The van der Waals surface area contributed by atoms with Crippen LogP contribution in [0.25, 0.3) is 10.9 Å². The van der Waals surface area contributed by atoms with Gasteiger partial charge < -0.3 is 20.1 Å². The number of anilines is 1. The number of carboxylic acids is 1. The summed E-state index contributed by atoms with van der Waals surface area (Å²) < 4.78 is 5.59. The number of imide groups is 1. The highest BCUT2D eigenvalue weighted by Gasteiger charge is 2.68. The first kappa shape index (κ1) is 25.6. The van der Waals surface area contributed by atoms with Crippen molar-refractivity contribution >= 4 is 34.4 Å². The maximum absolute atomic E-state index is 14.0. The van der Waals surface area contributed by atoms with Crippen molar-refractivity contribution in [1.29, 1.82) is 0 Å². The van der Waals surface area contributed by atoms with Crippen LogP contribution in [-0.2, 0) is 20.8 Å². The molecule has 40 heavy (non-hydrogen) atoms. The highest BCUT2D eigenvalue weighted by molar-refractivity contribution is 6.09. The van der Waals surface area contributed by atoms with Crippen molar-refractivity contribution in [2.24, 2.45) is 11.8 Å². The fourth-order valence-corrected chi connectivity index (χ4v) is 6.35. The number of hydrogen-bond donors (Lipinski definition) is 4. The van der Waals surface area contributed by atoms with Crippen LogP contribution in [0.5, 0.6) is 5.75 Å². The zero-order valence-electron chi connectivity index (χ0n) is 22.0. The number of nitrogens with one attached hydrogen (secondary N) is 3. The molecule has 0 saturated carbocycles. The van der Waals surface area contributed by atoms with E-state index in [0.29, 0.717) is 17.9 Å². The third kappa shape index (κ3) is 4.10. The van der Waals surface area contributed by atoms with E-state index in [4.69, 9.17) is 4.74 Å². The van der Waals surface area contributed by atoms with Crippen molar-refractivity contribution in [3.05, 3.63) is 96.2 Å². The third-order valence-electron chi connectivity index (χ3n) is 8.18. The van der Waals surface area contributed by atoms with Gasteiger partial charge in [-0.05, 0) is 29.8 Å². The molecule has 2 amide bonds. The maximum atomic E-state index is 14.0. The van der Waals surface area contributed by atoms with E-state index >= 15 is 0 Å². The number of carbonyl (C=O) groups is 3. The van der Waals surface area contributed by atoms with Crippen LogP contribution in [0.4, 0.5) is 5.69 Å². The van der Waals surface area contributed by atoms with Gasteiger partial charge in [0.1, 0.15) is 11.3 Å². The van der Waals surface area contributed by atoms with E-state index < -0.39 is 35.3 Å². The predicted molar refractivity (Wildman–Crippen MR) is 150 cm³/mol. The molecular formula is C31H30N4O5. The molecule has 4 N–H and O–H groups in total. The number of carboxylic acid groups (broad SMARTS) is 1. The zero-order chi connectivity index (χ0) is 27.9. The fraction of sp³-hybridized carbons (Fsp3) is 0.258. The van der Waals surface area contributed by atoms with Crippen LogP contribution in [0.3, 0.4) is 0 Å². The number of carbonyl (C=O) groups excluding carboxylic acids is 2. The Morgan fingerprint density at radius 3 is 2.50 bits per heavy atom. The number of aromatic nitrogens is 1. The average Bonchev–Trinajstić information content (AvgIpc) is 3.62. The number of nitrogens with zero attached hydrogens (tertiary/aromatic N) is 1. The summed E-state index contributed by atoms with van der Waals surface area (Å²) in [4.78, 5) is 45.6. The van der Waals surface area contributed by atoms with E-state index in [2.05, 4.69) is 15.6 Å². The van der Waals surface area contributed by atoms with Gasteiger partial charge in [-0.25, -0.2) is 0 Å². The van der Waals surface area contributed by atoms with Crippen LogP contribution >= 0.6 is 0 Å². The zero-order valence-corrected chi connectivity index (χ0v) is 22.0. The Kier molecular flexibility index (Phi) is 6.51. The van der Waals surface area contributed by atoms with Crippen molar-refractivity contribution in [3.8, 4) is 5.75 Å². The van der Waals surface area contributed by atoms with Crippen LogP contribution < -0.4 is 15.4 Å². The van der Waals surface area contributed by atoms with Gasteiger partial charge in [0.25, 0.3) is 0 Å². The molecule has 0 spiro atoms. The van der Waals surface area contributed by atoms with E-state index in [9.17, 15) is 19.5 Å². The number of ether oxygens (including phenoxy) is 1. The monoisotopic (exact) mass is 538 g/mol. The number of likely N-dealkylation sites (tertiary alicyclic amines) is 1. The lowest BCUT2D eigenvalue weighted by molar-refractivity contribution is -0.151. The van der Waals surface area contributed by atoms with Crippen LogP contribution in [0.1, 0.15) is 17.2 Å². The van der Waals surface area contributed by atoms with Gasteiger partial charge in [-0.1, -0.05) is 54.6 Å². The summed E-state index contributed by atoms with van der Waals surface area (Å²) in [6, 6.07) is 23.6. The van der Waals surface area contributed by atoms with Crippen LogP contribution in [0.15, 0.2) is 85.1 Å². The quantitative estimate of drug-likeness (QED) is 0.240. The highest BCUT2D eigenvalue weighted by atomic mass is 16.5. The fourth-order valence-electron chi connectivity index (χ4n) is 6.35. The molecule has 3 heterocycles. The second kappa shape index (κ2) is 10.2. The highest BCUT2D eigenvalue weighted by Crippen LogP contribution is 2.51. The van der Waals surface area contributed by atoms with E-state index in [1.54, 1.807) is 12.3 Å². The van der Waals surface area contributed by atoms with Crippen molar-refractivity contribution in [1.82, 2.24) is 15.2 Å². The molecule has 3 aromatic carbocycles. The molecule has 0 aliphatic carbocycles. The lowest BCUT2D eigenvalue weighted by atomic mass is 9.76. The van der Waals surface area contributed by atoms with Crippen molar-refractivity contribution < 1.29 is 24.2 Å². The van der Waals surface area contributed by atoms with Crippen molar-refractivity contribution in [3.63, 3.8) is 0 Å². The second-order valence-corrected chi connectivity index (χ2v) is 10.3. The summed E-state index contributed by atoms with van der Waals surface area (Å²) in [5.74, 6) is -3.50. The first-order valence-corrected chi connectivity index (χ1v) is 13.3. The smallest absolute Gasteiger partial charge is 0.325 e. The Labute approximate surface area is 231 Å². The molecule has 2 aliphatic heterocycles. The van der Waals surface area contributed by atoms with Gasteiger partial charge >= 0.3 is 5.97 Å². The van der Waals surface area contributed by atoms with Gasteiger partial charge in [0.15, 0.2) is 0 Å². The van der Waals surface area contributed by atoms with Gasteiger partial charge in [-0.15, -0.1) is 0 Å². The molecule has 204 valence electrons. The summed E-state index contributed by atoms with van der Waals surface area (Å²) in [6.07, 6.45) is 1.81. The number of H-pyrrole nitrogens is 1. The Morgan fingerprint density at radius 1 is 1.00 bits per heavy atom. The lowest BCUT2D eigenvalue weighted by Gasteiger charge is -2.31. The molecular weight excluding hydrogens is 508 g/mol. The van der Waals surface area contributed by atoms with E-state index in [0.717, 1.165) is 22.2 Å². The summed E-state index contributed by atoms with van der Waals surface area (Å²) in [5, 5.41) is 18.2.